The van der Waals surface area contributed by atoms with Crippen LogP contribution in [-0.4, -0.2) is 70.2 Å². The van der Waals surface area contributed by atoms with Gasteiger partial charge < -0.3 is 32.5 Å². The topological polar surface area (TPSA) is 190 Å². The summed E-state index contributed by atoms with van der Waals surface area (Å²) in [7, 11) is 0. The molecule has 0 saturated carbocycles. The van der Waals surface area contributed by atoms with Gasteiger partial charge in [-0.05, 0) is 0 Å². The van der Waals surface area contributed by atoms with Crippen molar-refractivity contribution in [1.29, 1.82) is 0 Å². The molecule has 0 rings (SSSR count). The van der Waals surface area contributed by atoms with E-state index in [4.69, 9.17) is 15.3 Å². The molecule has 0 aromatic heterocycles. The van der Waals surface area contributed by atoms with Crippen molar-refractivity contribution >= 4 is 35.3 Å². The Kier molecular flexibility index (Phi) is 29.3. The zero-order valence-corrected chi connectivity index (χ0v) is 9.65. The van der Waals surface area contributed by atoms with Gasteiger partial charge in [0.15, 0.2) is 0 Å². The van der Waals surface area contributed by atoms with Crippen LogP contribution < -0.4 is 17.2 Å². The van der Waals surface area contributed by atoms with Gasteiger partial charge in [0.05, 0.1) is 19.6 Å². The van der Waals surface area contributed by atoms with Gasteiger partial charge in [0.25, 0.3) is 0 Å². The van der Waals surface area contributed by atoms with Crippen LogP contribution in [0.2, 0.25) is 0 Å². The number of nitrogens with two attached hydrogens (primary N) is 3. The van der Waals surface area contributed by atoms with Crippen molar-refractivity contribution in [2.75, 3.05) is 19.6 Å². The van der Waals surface area contributed by atoms with Crippen molar-refractivity contribution in [1.82, 2.24) is 0 Å². The molecule has 0 aliphatic heterocycles. The maximum absolute atomic E-state index is 9.24. The van der Waals surface area contributed by atoms with E-state index in [2.05, 4.69) is 17.2 Å². The third-order valence-corrected chi connectivity index (χ3v) is 0.524. The quantitative estimate of drug-likeness (QED) is 0.279. The van der Waals surface area contributed by atoms with Gasteiger partial charge in [0.1, 0.15) is 0 Å². The van der Waals surface area contributed by atoms with E-state index < -0.39 is 17.9 Å². The van der Waals surface area contributed by atoms with Crippen LogP contribution in [0.15, 0.2) is 0 Å². The summed E-state index contributed by atoms with van der Waals surface area (Å²) in [5, 5.41) is 22.8. The summed E-state index contributed by atoms with van der Waals surface area (Å²) in [5.41, 5.74) is 13.7. The SMILES string of the molecule is NCC(=O)O.NCC(=O)O.NCC(=O)O.[Al]. The second kappa shape index (κ2) is 19.4. The van der Waals surface area contributed by atoms with Crippen molar-refractivity contribution < 1.29 is 29.7 Å². The average molecular weight is 252 g/mol. The standard InChI is InChI=1S/3C2H5NO2.Al/c3*3-1-2(4)5;/h3*1,3H2,(H,4,5);. The Bertz CT molecular complexity index is 167. The van der Waals surface area contributed by atoms with Gasteiger partial charge in [-0.15, -0.1) is 0 Å². The first-order chi connectivity index (χ1) is 6.81. The molecule has 16 heavy (non-hydrogen) atoms. The monoisotopic (exact) mass is 252 g/mol. The van der Waals surface area contributed by atoms with Crippen molar-refractivity contribution in [2.24, 2.45) is 17.2 Å². The average Bonchev–Trinajstić information content (AvgIpc) is 2.19. The van der Waals surface area contributed by atoms with Crippen LogP contribution in [0, 0.1) is 0 Å². The Labute approximate surface area is 102 Å². The van der Waals surface area contributed by atoms with Crippen LogP contribution in [0.25, 0.3) is 0 Å². The van der Waals surface area contributed by atoms with Crippen molar-refractivity contribution in [3.8, 4) is 0 Å². The van der Waals surface area contributed by atoms with Crippen LogP contribution in [-0.2, 0) is 14.4 Å². The van der Waals surface area contributed by atoms with E-state index in [1.54, 1.807) is 0 Å². The van der Waals surface area contributed by atoms with E-state index in [9.17, 15) is 14.4 Å². The molecule has 0 aliphatic rings. The molecule has 9 N–H and O–H groups in total. The number of rotatable bonds is 3. The number of carboxylic acids is 3. The van der Waals surface area contributed by atoms with Gasteiger partial charge in [-0.25, -0.2) is 0 Å². The highest BCUT2D eigenvalue weighted by molar-refractivity contribution is 5.75. The molecule has 0 bridgehead atoms. The largest absolute Gasteiger partial charge is 0.480 e. The molecule has 9 nitrogen and oxygen atoms in total. The summed E-state index contributed by atoms with van der Waals surface area (Å²) < 4.78 is 0. The molecule has 0 atom stereocenters. The first-order valence-electron chi connectivity index (χ1n) is 3.57. The molecular weight excluding hydrogens is 237 g/mol. The summed E-state index contributed by atoms with van der Waals surface area (Å²) in [6.07, 6.45) is 0. The number of hydrogen-bond donors (Lipinski definition) is 6. The number of aliphatic carboxylic acids is 3. The summed E-state index contributed by atoms with van der Waals surface area (Å²) in [6.45, 7) is -0.833. The highest BCUT2D eigenvalue weighted by Crippen LogP contribution is 1.44. The molecule has 0 saturated heterocycles. The molecule has 3 radical (unpaired) electrons. The fraction of sp³-hybridized carbons (Fsp3) is 0.500. The van der Waals surface area contributed by atoms with Gasteiger partial charge in [-0.1, -0.05) is 0 Å². The highest BCUT2D eigenvalue weighted by Gasteiger charge is 1.81. The maximum Gasteiger partial charge on any atom is 0.317 e. The van der Waals surface area contributed by atoms with Crippen molar-refractivity contribution in [3.63, 3.8) is 0 Å². The lowest BCUT2D eigenvalue weighted by Crippen LogP contribution is -2.10. The first-order valence-corrected chi connectivity index (χ1v) is 3.57. The second-order valence-corrected chi connectivity index (χ2v) is 1.79. The van der Waals surface area contributed by atoms with E-state index in [0.29, 0.717) is 0 Å². The normalized spacial score (nSPS) is 6.94. The predicted octanol–water partition coefficient (Wildman–Crippen LogP) is -3.29. The molecule has 0 unspecified atom stereocenters. The van der Waals surface area contributed by atoms with Gasteiger partial charge >= 0.3 is 17.9 Å². The molecule has 93 valence electrons. The zero-order chi connectivity index (χ0) is 12.9. The molecule has 0 heterocycles. The lowest BCUT2D eigenvalue weighted by Gasteiger charge is -1.73. The molecular formula is C6H15AlN3O6. The zero-order valence-electron chi connectivity index (χ0n) is 8.50. The lowest BCUT2D eigenvalue weighted by molar-refractivity contribution is -0.136. The molecule has 0 aliphatic carbocycles. The van der Waals surface area contributed by atoms with E-state index in [-0.39, 0.29) is 37.0 Å². The minimum atomic E-state index is -0.968. The summed E-state index contributed by atoms with van der Waals surface area (Å²) in [4.78, 5) is 27.7. The summed E-state index contributed by atoms with van der Waals surface area (Å²) in [5.74, 6) is -2.90. The Balaban J connectivity index is -0.0000000655. The van der Waals surface area contributed by atoms with Crippen LogP contribution in [0.3, 0.4) is 0 Å². The highest BCUT2D eigenvalue weighted by atomic mass is 27.0. The van der Waals surface area contributed by atoms with Crippen LogP contribution in [0.4, 0.5) is 0 Å². The van der Waals surface area contributed by atoms with Crippen molar-refractivity contribution in [2.45, 2.75) is 0 Å². The van der Waals surface area contributed by atoms with Crippen LogP contribution >= 0.6 is 0 Å². The fourth-order valence-corrected chi connectivity index (χ4v) is 0. The lowest BCUT2D eigenvalue weighted by atomic mass is 10.7. The molecule has 0 aromatic rings. The molecule has 0 spiro atoms. The van der Waals surface area contributed by atoms with Gasteiger partial charge in [0.2, 0.25) is 0 Å². The first kappa shape index (κ1) is 24.2. The Hall–Kier alpha value is -1.18. The second-order valence-electron chi connectivity index (χ2n) is 1.79. The van der Waals surface area contributed by atoms with E-state index in [0.717, 1.165) is 0 Å². The maximum atomic E-state index is 9.24. The minimum absolute atomic E-state index is 0. The Morgan fingerprint density at radius 1 is 0.688 bits per heavy atom. The van der Waals surface area contributed by atoms with Crippen LogP contribution in [0.1, 0.15) is 0 Å². The van der Waals surface area contributed by atoms with Gasteiger partial charge in [-0.2, -0.15) is 0 Å². The van der Waals surface area contributed by atoms with Crippen LogP contribution in [0.5, 0.6) is 0 Å². The number of carbonyl (C=O) groups is 3. The smallest absolute Gasteiger partial charge is 0.317 e. The number of carboxylic acid groups (broad SMARTS) is 3. The molecule has 0 fully saturated rings. The van der Waals surface area contributed by atoms with Gasteiger partial charge in [-0.3, -0.25) is 14.4 Å². The molecule has 10 heteroatoms. The minimum Gasteiger partial charge on any atom is -0.480 e. The Morgan fingerprint density at radius 2 is 0.750 bits per heavy atom. The van der Waals surface area contributed by atoms with E-state index >= 15 is 0 Å². The summed E-state index contributed by atoms with van der Waals surface area (Å²) in [6, 6.07) is 0. The van der Waals surface area contributed by atoms with Gasteiger partial charge in [0, 0.05) is 17.4 Å². The third kappa shape index (κ3) is 77.1. The molecule has 0 aromatic carbocycles. The summed E-state index contributed by atoms with van der Waals surface area (Å²) >= 11 is 0. The molecule has 0 amide bonds. The third-order valence-electron chi connectivity index (χ3n) is 0.524. The Morgan fingerprint density at radius 3 is 0.750 bits per heavy atom. The predicted molar refractivity (Wildman–Crippen MR) is 55.8 cm³/mol. The van der Waals surface area contributed by atoms with Crippen molar-refractivity contribution in [3.05, 3.63) is 0 Å². The fourth-order valence-electron chi connectivity index (χ4n) is 0. The van der Waals surface area contributed by atoms with E-state index in [1.807, 2.05) is 0 Å². The van der Waals surface area contributed by atoms with E-state index in [1.165, 1.54) is 0 Å². The number of hydrogen-bond acceptors (Lipinski definition) is 6.